The van der Waals surface area contributed by atoms with Crippen LogP contribution >= 0.6 is 0 Å². The number of halogens is 2. The lowest BCUT2D eigenvalue weighted by Gasteiger charge is -2.16. The molecule has 3 unspecified atom stereocenters. The van der Waals surface area contributed by atoms with Gasteiger partial charge in [-0.1, -0.05) is 6.07 Å². The molecule has 3 atom stereocenters. The number of rotatable bonds is 2. The predicted octanol–water partition coefficient (Wildman–Crippen LogP) is 2.42. The number of aliphatic hydroxyl groups is 1. The van der Waals surface area contributed by atoms with E-state index in [0.29, 0.717) is 12.2 Å². The summed E-state index contributed by atoms with van der Waals surface area (Å²) in [6.07, 6.45) is 0.0603. The first-order valence-corrected chi connectivity index (χ1v) is 5.32. The molecule has 1 saturated heterocycles. The highest BCUT2D eigenvalue weighted by molar-refractivity contribution is 5.20. The van der Waals surface area contributed by atoms with Crippen LogP contribution in [0.5, 0.6) is 0 Å². The van der Waals surface area contributed by atoms with E-state index in [9.17, 15) is 13.9 Å². The molecule has 1 aromatic rings. The third-order valence-electron chi connectivity index (χ3n) is 2.96. The van der Waals surface area contributed by atoms with Gasteiger partial charge in [0.15, 0.2) is 11.6 Å². The summed E-state index contributed by atoms with van der Waals surface area (Å²) in [4.78, 5) is 0. The maximum Gasteiger partial charge on any atom is 0.159 e. The van der Waals surface area contributed by atoms with Gasteiger partial charge in [0.05, 0.1) is 18.8 Å². The standard InChI is InChI=1S/C12H14F2O2/c1-7-4-9(6-16-7)12(15)8-2-3-10(13)11(14)5-8/h2-3,5,7,9,12,15H,4,6H2,1H3. The summed E-state index contributed by atoms with van der Waals surface area (Å²) in [6.45, 7) is 2.39. The molecule has 0 aliphatic carbocycles. The summed E-state index contributed by atoms with van der Waals surface area (Å²) >= 11 is 0. The molecule has 0 saturated carbocycles. The first-order valence-electron chi connectivity index (χ1n) is 5.32. The number of hydrogen-bond acceptors (Lipinski definition) is 2. The molecular formula is C12H14F2O2. The summed E-state index contributed by atoms with van der Waals surface area (Å²) < 4.78 is 31.0. The van der Waals surface area contributed by atoms with Crippen LogP contribution in [0, 0.1) is 17.6 Å². The van der Waals surface area contributed by atoms with E-state index >= 15 is 0 Å². The number of aliphatic hydroxyl groups excluding tert-OH is 1. The van der Waals surface area contributed by atoms with Crippen molar-refractivity contribution < 1.29 is 18.6 Å². The van der Waals surface area contributed by atoms with Gasteiger partial charge in [-0.25, -0.2) is 8.78 Å². The second-order valence-corrected chi connectivity index (χ2v) is 4.26. The molecule has 0 amide bonds. The number of hydrogen-bond donors (Lipinski definition) is 1. The van der Waals surface area contributed by atoms with Gasteiger partial charge in [-0.2, -0.15) is 0 Å². The van der Waals surface area contributed by atoms with Crippen LogP contribution in [0.15, 0.2) is 18.2 Å². The topological polar surface area (TPSA) is 29.5 Å². The Balaban J connectivity index is 2.14. The summed E-state index contributed by atoms with van der Waals surface area (Å²) in [5.74, 6) is -1.87. The van der Waals surface area contributed by atoms with Crippen LogP contribution in [0.4, 0.5) is 8.78 Å². The van der Waals surface area contributed by atoms with Crippen molar-refractivity contribution in [3.63, 3.8) is 0 Å². The van der Waals surface area contributed by atoms with Crippen molar-refractivity contribution in [2.45, 2.75) is 25.6 Å². The molecule has 1 fully saturated rings. The number of benzene rings is 1. The molecule has 0 radical (unpaired) electrons. The van der Waals surface area contributed by atoms with Crippen molar-refractivity contribution in [2.75, 3.05) is 6.61 Å². The molecule has 4 heteroatoms. The van der Waals surface area contributed by atoms with E-state index < -0.39 is 17.7 Å². The molecule has 2 rings (SSSR count). The van der Waals surface area contributed by atoms with Gasteiger partial charge >= 0.3 is 0 Å². The average Bonchev–Trinajstić information content (AvgIpc) is 2.68. The lowest BCUT2D eigenvalue weighted by molar-refractivity contribution is 0.0801. The molecule has 0 aromatic heterocycles. The third kappa shape index (κ3) is 2.23. The lowest BCUT2D eigenvalue weighted by Crippen LogP contribution is -2.13. The van der Waals surface area contributed by atoms with E-state index in [1.165, 1.54) is 6.07 Å². The van der Waals surface area contributed by atoms with Crippen molar-refractivity contribution in [3.05, 3.63) is 35.4 Å². The quantitative estimate of drug-likeness (QED) is 0.842. The molecule has 2 nitrogen and oxygen atoms in total. The van der Waals surface area contributed by atoms with Gasteiger partial charge in [-0.3, -0.25) is 0 Å². The highest BCUT2D eigenvalue weighted by atomic mass is 19.2. The molecule has 1 aliphatic rings. The van der Waals surface area contributed by atoms with E-state index in [2.05, 4.69) is 0 Å². The Hall–Kier alpha value is -1.00. The minimum Gasteiger partial charge on any atom is -0.388 e. The van der Waals surface area contributed by atoms with Crippen LogP contribution in [-0.4, -0.2) is 17.8 Å². The largest absolute Gasteiger partial charge is 0.388 e. The molecule has 0 spiro atoms. The Morgan fingerprint density at radius 3 is 2.69 bits per heavy atom. The fourth-order valence-electron chi connectivity index (χ4n) is 2.04. The van der Waals surface area contributed by atoms with E-state index in [1.54, 1.807) is 0 Å². The van der Waals surface area contributed by atoms with Gasteiger partial charge in [0.1, 0.15) is 0 Å². The second kappa shape index (κ2) is 4.47. The smallest absolute Gasteiger partial charge is 0.159 e. The van der Waals surface area contributed by atoms with Crippen LogP contribution in [-0.2, 0) is 4.74 Å². The molecule has 16 heavy (non-hydrogen) atoms. The molecule has 1 aliphatic heterocycles. The van der Waals surface area contributed by atoms with Crippen molar-refractivity contribution in [3.8, 4) is 0 Å². The molecule has 0 bridgehead atoms. The van der Waals surface area contributed by atoms with Crippen LogP contribution in [0.2, 0.25) is 0 Å². The normalized spacial score (nSPS) is 27.0. The fraction of sp³-hybridized carbons (Fsp3) is 0.500. The summed E-state index contributed by atoms with van der Waals surface area (Å²) in [5, 5.41) is 9.98. The Bertz CT molecular complexity index is 381. The maximum atomic E-state index is 13.0. The highest BCUT2D eigenvalue weighted by Gasteiger charge is 2.29. The predicted molar refractivity (Wildman–Crippen MR) is 54.8 cm³/mol. The van der Waals surface area contributed by atoms with E-state index in [0.717, 1.165) is 18.6 Å². The van der Waals surface area contributed by atoms with Crippen molar-refractivity contribution in [1.29, 1.82) is 0 Å². The van der Waals surface area contributed by atoms with Crippen LogP contribution in [0.25, 0.3) is 0 Å². The monoisotopic (exact) mass is 228 g/mol. The van der Waals surface area contributed by atoms with Gasteiger partial charge in [-0.05, 0) is 31.0 Å². The van der Waals surface area contributed by atoms with E-state index in [4.69, 9.17) is 4.74 Å². The molecule has 1 N–H and O–H groups in total. The fourth-order valence-corrected chi connectivity index (χ4v) is 2.04. The Morgan fingerprint density at radius 2 is 2.12 bits per heavy atom. The molecule has 1 aromatic carbocycles. The Kier molecular flexibility index (Phi) is 3.21. The van der Waals surface area contributed by atoms with Crippen molar-refractivity contribution >= 4 is 0 Å². The average molecular weight is 228 g/mol. The number of ether oxygens (including phenoxy) is 1. The van der Waals surface area contributed by atoms with Gasteiger partial charge < -0.3 is 9.84 Å². The summed E-state index contributed by atoms with van der Waals surface area (Å²) in [6, 6.07) is 3.49. The minimum atomic E-state index is -0.927. The summed E-state index contributed by atoms with van der Waals surface area (Å²) in [5.41, 5.74) is 0.404. The SMILES string of the molecule is CC1CC(C(O)c2ccc(F)c(F)c2)CO1. The van der Waals surface area contributed by atoms with Crippen molar-refractivity contribution in [1.82, 2.24) is 0 Å². The molecular weight excluding hydrogens is 214 g/mol. The lowest BCUT2D eigenvalue weighted by atomic mass is 9.93. The Labute approximate surface area is 92.9 Å². The summed E-state index contributed by atoms with van der Waals surface area (Å²) in [7, 11) is 0. The van der Waals surface area contributed by atoms with Gasteiger partial charge in [0, 0.05) is 5.92 Å². The maximum absolute atomic E-state index is 13.0. The van der Waals surface area contributed by atoms with Crippen LogP contribution < -0.4 is 0 Å². The van der Waals surface area contributed by atoms with E-state index in [1.807, 2.05) is 6.92 Å². The first-order chi connectivity index (χ1) is 7.58. The minimum absolute atomic E-state index is 0.0418. The third-order valence-corrected chi connectivity index (χ3v) is 2.96. The zero-order valence-electron chi connectivity index (χ0n) is 8.99. The van der Waals surface area contributed by atoms with Gasteiger partial charge in [0.25, 0.3) is 0 Å². The van der Waals surface area contributed by atoms with Gasteiger partial charge in [0.2, 0.25) is 0 Å². The first kappa shape index (κ1) is 11.5. The van der Waals surface area contributed by atoms with Gasteiger partial charge in [-0.15, -0.1) is 0 Å². The van der Waals surface area contributed by atoms with Crippen LogP contribution in [0.3, 0.4) is 0 Å². The zero-order valence-corrected chi connectivity index (χ0v) is 8.99. The van der Waals surface area contributed by atoms with E-state index in [-0.39, 0.29) is 12.0 Å². The second-order valence-electron chi connectivity index (χ2n) is 4.26. The highest BCUT2D eigenvalue weighted by Crippen LogP contribution is 2.31. The zero-order chi connectivity index (χ0) is 11.7. The van der Waals surface area contributed by atoms with Crippen molar-refractivity contribution in [2.24, 2.45) is 5.92 Å². The molecule has 1 heterocycles. The van der Waals surface area contributed by atoms with Crippen LogP contribution in [0.1, 0.15) is 25.0 Å². The molecule has 88 valence electrons. The Morgan fingerprint density at radius 1 is 1.38 bits per heavy atom.